The fraction of sp³-hybridized carbons (Fsp3) is 0.490. The van der Waals surface area contributed by atoms with Gasteiger partial charge in [0.15, 0.2) is 34.5 Å². The van der Waals surface area contributed by atoms with Crippen LogP contribution in [0.1, 0.15) is 98.8 Å². The highest BCUT2D eigenvalue weighted by molar-refractivity contribution is 5.78. The molecule has 2 atom stereocenters. The zero-order chi connectivity index (χ0) is 44.0. The van der Waals surface area contributed by atoms with Gasteiger partial charge in [0.05, 0.1) is 26.3 Å². The monoisotopic (exact) mass is 859 g/mol. The summed E-state index contributed by atoms with van der Waals surface area (Å²) in [7, 11) is 3.31. The number of methoxy groups -OCH3 is 2. The van der Waals surface area contributed by atoms with Crippen LogP contribution < -0.4 is 29.0 Å². The van der Waals surface area contributed by atoms with Gasteiger partial charge in [-0.05, 0) is 154 Å². The van der Waals surface area contributed by atoms with Gasteiger partial charge in [-0.2, -0.15) is 0 Å². The van der Waals surface area contributed by atoms with Crippen molar-refractivity contribution in [3.05, 3.63) is 94.0 Å². The van der Waals surface area contributed by atoms with E-state index in [4.69, 9.17) is 23.7 Å². The maximum atomic E-state index is 14.3. The number of urea groups is 1. The number of hydrogen-bond acceptors (Lipinski definition) is 9. The maximum Gasteiger partial charge on any atom is 0.317 e. The van der Waals surface area contributed by atoms with Gasteiger partial charge in [0.1, 0.15) is 5.75 Å². The lowest BCUT2D eigenvalue weighted by Gasteiger charge is -2.40. The normalized spacial score (nSPS) is 17.1. The molecule has 4 aromatic rings. The molecule has 12 nitrogen and oxygen atoms in total. The number of nitrogens with one attached hydrogen (secondary N) is 1. The molecule has 0 fully saturated rings. The van der Waals surface area contributed by atoms with Gasteiger partial charge >= 0.3 is 6.03 Å². The summed E-state index contributed by atoms with van der Waals surface area (Å²) < 4.78 is 32.3. The summed E-state index contributed by atoms with van der Waals surface area (Å²) in [5.74, 6) is 4.91. The number of carbonyl (C=O) groups is 2. The van der Waals surface area contributed by atoms with Crippen molar-refractivity contribution >= 4 is 11.9 Å². The van der Waals surface area contributed by atoms with Crippen LogP contribution in [0, 0.1) is 0 Å². The molecule has 12 heteroatoms. The highest BCUT2D eigenvalue weighted by Crippen LogP contribution is 2.57. The Morgan fingerprint density at radius 2 is 1.32 bits per heavy atom. The molecule has 7 bridgehead atoms. The van der Waals surface area contributed by atoms with Crippen LogP contribution in [0.15, 0.2) is 60.7 Å². The molecule has 5 aliphatic rings. The first-order valence-electron chi connectivity index (χ1n) is 23.2. The third-order valence-electron chi connectivity index (χ3n) is 13.5. The Balaban J connectivity index is 1.20. The number of unbranched alkanes of at least 4 members (excludes halogenated alkanes) is 1. The Morgan fingerprint density at radius 1 is 0.667 bits per heavy atom. The Hall–Kier alpha value is -5.46. The second kappa shape index (κ2) is 19.9. The van der Waals surface area contributed by atoms with Crippen molar-refractivity contribution in [2.24, 2.45) is 0 Å². The van der Waals surface area contributed by atoms with Crippen molar-refractivity contribution < 1.29 is 33.3 Å². The number of nitrogens with zero attached hydrogens (tertiary/aromatic N) is 4. The van der Waals surface area contributed by atoms with E-state index < -0.39 is 0 Å². The van der Waals surface area contributed by atoms with E-state index in [9.17, 15) is 9.59 Å². The topological polar surface area (TPSA) is 105 Å². The summed E-state index contributed by atoms with van der Waals surface area (Å²) in [4.78, 5) is 37.4. The SMILES string of the molecule is CCN(CC)CCCCC(=O)N1CCc2cc3c4cc2[C@@H]1Cc1ccc(OC)c(c1)Oc1ccc(cc1)C[C@H]1c2c(cc(OC)c(c2O4)O3)CCN1C(=O)NCCCN(CC)CC. The fourth-order valence-electron chi connectivity index (χ4n) is 9.85. The zero-order valence-electron chi connectivity index (χ0n) is 38.1. The molecule has 4 aromatic carbocycles. The first kappa shape index (κ1) is 44.2. The van der Waals surface area contributed by atoms with Crippen molar-refractivity contribution in [3.8, 4) is 46.0 Å². The molecule has 63 heavy (non-hydrogen) atoms. The summed E-state index contributed by atoms with van der Waals surface area (Å²) in [5.41, 5.74) is 6.19. The molecular weight excluding hydrogens is 795 g/mol. The predicted molar refractivity (Wildman–Crippen MR) is 245 cm³/mol. The molecular formula is C51H65N5O7. The number of amides is 3. The maximum absolute atomic E-state index is 14.3. The lowest BCUT2D eigenvalue weighted by Crippen LogP contribution is -2.47. The number of ether oxygens (including phenoxy) is 5. The Bertz CT molecular complexity index is 2260. The summed E-state index contributed by atoms with van der Waals surface area (Å²) in [5, 5.41) is 3.25. The van der Waals surface area contributed by atoms with Crippen molar-refractivity contribution in [2.75, 3.05) is 73.1 Å². The third kappa shape index (κ3) is 9.43. The van der Waals surface area contributed by atoms with Crippen LogP contribution in [-0.2, 0) is 30.5 Å². The van der Waals surface area contributed by atoms with Crippen molar-refractivity contribution in [1.29, 1.82) is 0 Å². The van der Waals surface area contributed by atoms with E-state index in [1.54, 1.807) is 14.2 Å². The third-order valence-corrected chi connectivity index (χ3v) is 13.5. The smallest absolute Gasteiger partial charge is 0.317 e. The highest BCUT2D eigenvalue weighted by atomic mass is 16.6. The van der Waals surface area contributed by atoms with Crippen molar-refractivity contribution in [1.82, 2.24) is 24.9 Å². The quantitative estimate of drug-likeness (QED) is 0.103. The number of benzene rings is 4. The van der Waals surface area contributed by atoms with Gasteiger partial charge in [-0.15, -0.1) is 0 Å². The molecule has 5 aliphatic heterocycles. The number of carbonyl (C=O) groups excluding carboxylic acids is 2. The number of hydrogen-bond donors (Lipinski definition) is 1. The van der Waals surface area contributed by atoms with E-state index in [-0.39, 0.29) is 24.0 Å². The molecule has 5 heterocycles. The Kier molecular flexibility index (Phi) is 14.0. The van der Waals surface area contributed by atoms with E-state index in [2.05, 4.69) is 84.1 Å². The summed E-state index contributed by atoms with van der Waals surface area (Å²) in [6, 6.07) is 19.6. The number of fused-ring (bicyclic) bond motifs is 2. The van der Waals surface area contributed by atoms with E-state index in [0.29, 0.717) is 97.7 Å². The van der Waals surface area contributed by atoms with Crippen LogP contribution >= 0.6 is 0 Å². The fourth-order valence-corrected chi connectivity index (χ4v) is 9.85. The largest absolute Gasteiger partial charge is 0.493 e. The molecule has 0 unspecified atom stereocenters. The molecule has 1 N–H and O–H groups in total. The predicted octanol–water partition coefficient (Wildman–Crippen LogP) is 9.47. The average Bonchev–Trinajstić information content (AvgIpc) is 3.30. The minimum absolute atomic E-state index is 0.101. The molecule has 0 saturated heterocycles. The van der Waals surface area contributed by atoms with Crippen LogP contribution in [-0.4, -0.2) is 105 Å². The minimum atomic E-state index is -0.371. The van der Waals surface area contributed by atoms with Crippen molar-refractivity contribution in [2.45, 2.75) is 91.1 Å². The van der Waals surface area contributed by atoms with Gasteiger partial charge in [-0.25, -0.2) is 4.79 Å². The molecule has 0 spiro atoms. The van der Waals surface area contributed by atoms with Crippen LogP contribution in [0.4, 0.5) is 4.79 Å². The first-order chi connectivity index (χ1) is 30.7. The second-order valence-electron chi connectivity index (χ2n) is 17.1. The van der Waals surface area contributed by atoms with Crippen LogP contribution in [0.5, 0.6) is 46.0 Å². The molecule has 0 aromatic heterocycles. The molecule has 0 saturated carbocycles. The highest BCUT2D eigenvalue weighted by Gasteiger charge is 2.40. The van der Waals surface area contributed by atoms with Gasteiger partial charge < -0.3 is 48.6 Å². The van der Waals surface area contributed by atoms with Crippen molar-refractivity contribution in [3.63, 3.8) is 0 Å². The second-order valence-corrected chi connectivity index (χ2v) is 17.1. The van der Waals surface area contributed by atoms with Gasteiger partial charge in [-0.3, -0.25) is 4.79 Å². The van der Waals surface area contributed by atoms with Crippen LogP contribution in [0.2, 0.25) is 0 Å². The molecule has 0 aliphatic carbocycles. The van der Waals surface area contributed by atoms with E-state index in [0.717, 1.165) is 91.9 Å². The molecule has 9 rings (SSSR count). The molecule has 0 radical (unpaired) electrons. The zero-order valence-corrected chi connectivity index (χ0v) is 38.1. The summed E-state index contributed by atoms with van der Waals surface area (Å²) in [6.45, 7) is 16.3. The number of rotatable bonds is 15. The van der Waals surface area contributed by atoms with E-state index in [1.807, 2.05) is 29.2 Å². The van der Waals surface area contributed by atoms with Crippen LogP contribution in [0.25, 0.3) is 0 Å². The Labute approximate surface area is 373 Å². The molecule has 3 amide bonds. The summed E-state index contributed by atoms with van der Waals surface area (Å²) >= 11 is 0. The van der Waals surface area contributed by atoms with E-state index >= 15 is 0 Å². The minimum Gasteiger partial charge on any atom is -0.493 e. The van der Waals surface area contributed by atoms with E-state index in [1.165, 1.54) is 0 Å². The average molecular weight is 860 g/mol. The first-order valence-corrected chi connectivity index (χ1v) is 23.2. The lowest BCUT2D eigenvalue weighted by molar-refractivity contribution is -0.134. The lowest BCUT2D eigenvalue weighted by atomic mass is 9.86. The van der Waals surface area contributed by atoms with Crippen LogP contribution in [0.3, 0.4) is 0 Å². The van der Waals surface area contributed by atoms with Gasteiger partial charge in [0.25, 0.3) is 0 Å². The van der Waals surface area contributed by atoms with Gasteiger partial charge in [0, 0.05) is 31.6 Å². The standard InChI is InChI=1S/C51H65N5O7/c1-7-53(8-2)24-12-11-14-47(57)55-26-21-36-31-44-45-33-39(36)40(55)29-35-17-20-42(59-5)43(30-35)61-38-18-15-34(16-19-38)28-41-48-37(32-46(60-6)49(62-44)50(48)63-45)22-27-56(41)51(58)52-23-13-25-54(9-3)10-4/h15-20,30-33,40-41H,7-14,21-29H2,1-6H3,(H,52,58)/t40-,41-/m0/s1. The van der Waals surface area contributed by atoms with Gasteiger partial charge in [-0.1, -0.05) is 45.9 Å². The summed E-state index contributed by atoms with van der Waals surface area (Å²) in [6.07, 6.45) is 5.59. The molecule has 336 valence electrons. The van der Waals surface area contributed by atoms with Gasteiger partial charge in [0.2, 0.25) is 11.7 Å². The Morgan fingerprint density at radius 3 is 2.05 bits per heavy atom.